The van der Waals surface area contributed by atoms with E-state index < -0.39 is 0 Å². The average Bonchev–Trinajstić information content (AvgIpc) is 2.83. The van der Waals surface area contributed by atoms with Crippen LogP contribution >= 0.6 is 0 Å². The zero-order valence-corrected chi connectivity index (χ0v) is 16.9. The summed E-state index contributed by atoms with van der Waals surface area (Å²) in [5.41, 5.74) is 4.73. The molecule has 4 rings (SSSR count). The Bertz CT molecular complexity index is 1070. The summed E-state index contributed by atoms with van der Waals surface area (Å²) < 4.78 is 5.20. The second kappa shape index (κ2) is 9.01. The SMILES string of the molecule is COc1ccc(/C=N\N(C)c2nc(-c3ccccc3)cc(-c3ccccc3)n2)cc1. The summed E-state index contributed by atoms with van der Waals surface area (Å²) in [4.78, 5) is 9.50. The third kappa shape index (κ3) is 4.52. The van der Waals surface area contributed by atoms with Crippen molar-refractivity contribution in [2.75, 3.05) is 19.2 Å². The molecule has 0 aliphatic rings. The van der Waals surface area contributed by atoms with Crippen LogP contribution in [0.25, 0.3) is 22.5 Å². The molecule has 5 nitrogen and oxygen atoms in total. The largest absolute Gasteiger partial charge is 0.497 e. The molecule has 0 aliphatic heterocycles. The van der Waals surface area contributed by atoms with E-state index in [1.807, 2.05) is 98.0 Å². The standard InChI is InChI=1S/C25H22N4O/c1-29(26-18-19-13-15-22(30-2)16-14-19)25-27-23(20-9-5-3-6-10-20)17-24(28-25)21-11-7-4-8-12-21/h3-18H,1-2H3/b26-18-. The van der Waals surface area contributed by atoms with E-state index in [4.69, 9.17) is 14.7 Å². The second-order valence-electron chi connectivity index (χ2n) is 6.71. The zero-order valence-electron chi connectivity index (χ0n) is 16.9. The Morgan fingerprint density at radius 1 is 0.767 bits per heavy atom. The topological polar surface area (TPSA) is 50.6 Å². The Balaban J connectivity index is 1.69. The van der Waals surface area contributed by atoms with Gasteiger partial charge in [0.1, 0.15) is 5.75 Å². The molecule has 3 aromatic carbocycles. The van der Waals surface area contributed by atoms with Crippen molar-refractivity contribution in [3.05, 3.63) is 96.6 Å². The molecule has 0 aliphatic carbocycles. The van der Waals surface area contributed by atoms with Crippen molar-refractivity contribution in [1.82, 2.24) is 9.97 Å². The molecule has 30 heavy (non-hydrogen) atoms. The van der Waals surface area contributed by atoms with Gasteiger partial charge < -0.3 is 4.74 Å². The maximum absolute atomic E-state index is 5.20. The highest BCUT2D eigenvalue weighted by Gasteiger charge is 2.11. The van der Waals surface area contributed by atoms with Gasteiger partial charge in [-0.2, -0.15) is 5.10 Å². The van der Waals surface area contributed by atoms with E-state index >= 15 is 0 Å². The molecular weight excluding hydrogens is 372 g/mol. The molecular formula is C25H22N4O. The second-order valence-corrected chi connectivity index (χ2v) is 6.71. The monoisotopic (exact) mass is 394 g/mol. The first-order valence-electron chi connectivity index (χ1n) is 9.64. The molecule has 0 saturated heterocycles. The van der Waals surface area contributed by atoms with E-state index in [-0.39, 0.29) is 0 Å². The average molecular weight is 394 g/mol. The first-order valence-corrected chi connectivity index (χ1v) is 9.64. The van der Waals surface area contributed by atoms with Gasteiger partial charge >= 0.3 is 0 Å². The van der Waals surface area contributed by atoms with Gasteiger partial charge in [-0.05, 0) is 35.9 Å². The molecule has 0 bridgehead atoms. The molecule has 0 amide bonds. The molecule has 0 fully saturated rings. The lowest BCUT2D eigenvalue weighted by molar-refractivity contribution is 0.415. The number of hydrogen-bond donors (Lipinski definition) is 0. The minimum atomic E-state index is 0.528. The highest BCUT2D eigenvalue weighted by atomic mass is 16.5. The smallest absolute Gasteiger partial charge is 0.247 e. The van der Waals surface area contributed by atoms with Crippen LogP contribution in [0.5, 0.6) is 5.75 Å². The van der Waals surface area contributed by atoms with Crippen molar-refractivity contribution in [2.24, 2.45) is 5.10 Å². The van der Waals surface area contributed by atoms with Crippen molar-refractivity contribution in [1.29, 1.82) is 0 Å². The van der Waals surface area contributed by atoms with Gasteiger partial charge in [0.05, 0.1) is 24.7 Å². The van der Waals surface area contributed by atoms with Crippen molar-refractivity contribution >= 4 is 12.2 Å². The highest BCUT2D eigenvalue weighted by molar-refractivity contribution is 5.80. The predicted molar refractivity (Wildman–Crippen MR) is 122 cm³/mol. The van der Waals surface area contributed by atoms with Gasteiger partial charge in [-0.15, -0.1) is 0 Å². The molecule has 1 heterocycles. The number of rotatable bonds is 6. The van der Waals surface area contributed by atoms with Crippen molar-refractivity contribution in [2.45, 2.75) is 0 Å². The minimum Gasteiger partial charge on any atom is -0.497 e. The molecule has 0 unspecified atom stereocenters. The van der Waals surface area contributed by atoms with Crippen molar-refractivity contribution in [3.8, 4) is 28.3 Å². The van der Waals surface area contributed by atoms with Gasteiger partial charge in [0, 0.05) is 18.2 Å². The highest BCUT2D eigenvalue weighted by Crippen LogP contribution is 2.26. The molecule has 0 saturated carbocycles. The Labute approximate surface area is 176 Å². The number of anilines is 1. The number of methoxy groups -OCH3 is 1. The van der Waals surface area contributed by atoms with E-state index in [0.29, 0.717) is 5.95 Å². The third-order valence-corrected chi connectivity index (χ3v) is 4.64. The first kappa shape index (κ1) is 19.3. The lowest BCUT2D eigenvalue weighted by atomic mass is 10.1. The Morgan fingerprint density at radius 2 is 1.30 bits per heavy atom. The fourth-order valence-corrected chi connectivity index (χ4v) is 2.99. The van der Waals surface area contributed by atoms with E-state index in [0.717, 1.165) is 33.8 Å². The Morgan fingerprint density at radius 3 is 1.80 bits per heavy atom. The zero-order chi connectivity index (χ0) is 20.8. The summed E-state index contributed by atoms with van der Waals surface area (Å²) in [6, 6.07) is 29.9. The molecule has 0 radical (unpaired) electrons. The molecule has 0 N–H and O–H groups in total. The van der Waals surface area contributed by atoms with Gasteiger partial charge in [-0.1, -0.05) is 60.7 Å². The number of benzene rings is 3. The van der Waals surface area contributed by atoms with Crippen LogP contribution in [0.3, 0.4) is 0 Å². The molecule has 5 heteroatoms. The van der Waals surface area contributed by atoms with Gasteiger partial charge in [0.2, 0.25) is 5.95 Å². The number of nitrogens with zero attached hydrogens (tertiary/aromatic N) is 4. The lowest BCUT2D eigenvalue weighted by Crippen LogP contribution is -2.13. The number of aromatic nitrogens is 2. The van der Waals surface area contributed by atoms with Crippen LogP contribution in [-0.2, 0) is 0 Å². The van der Waals surface area contributed by atoms with Crippen LogP contribution in [0.2, 0.25) is 0 Å². The normalized spacial score (nSPS) is 10.9. The first-order chi connectivity index (χ1) is 14.7. The van der Waals surface area contributed by atoms with Crippen LogP contribution < -0.4 is 9.75 Å². The lowest BCUT2D eigenvalue weighted by Gasteiger charge is -2.14. The number of hydrogen-bond acceptors (Lipinski definition) is 5. The fourth-order valence-electron chi connectivity index (χ4n) is 2.99. The van der Waals surface area contributed by atoms with Gasteiger partial charge in [0.25, 0.3) is 0 Å². The van der Waals surface area contributed by atoms with Gasteiger partial charge in [-0.25, -0.2) is 15.0 Å². The van der Waals surface area contributed by atoms with E-state index in [9.17, 15) is 0 Å². The molecule has 0 spiro atoms. The number of ether oxygens (including phenoxy) is 1. The minimum absolute atomic E-state index is 0.528. The Kier molecular flexibility index (Phi) is 5.80. The van der Waals surface area contributed by atoms with E-state index in [1.165, 1.54) is 0 Å². The van der Waals surface area contributed by atoms with E-state index in [1.54, 1.807) is 18.3 Å². The van der Waals surface area contributed by atoms with Crippen LogP contribution in [0.1, 0.15) is 5.56 Å². The summed E-state index contributed by atoms with van der Waals surface area (Å²) in [5, 5.41) is 6.22. The van der Waals surface area contributed by atoms with Crippen LogP contribution in [0.4, 0.5) is 5.95 Å². The molecule has 148 valence electrons. The van der Waals surface area contributed by atoms with Crippen LogP contribution in [0, 0.1) is 0 Å². The predicted octanol–water partition coefficient (Wildman–Crippen LogP) is 5.29. The van der Waals surface area contributed by atoms with E-state index in [2.05, 4.69) is 5.10 Å². The molecule has 0 atom stereocenters. The quantitative estimate of drug-likeness (QED) is 0.329. The fraction of sp³-hybridized carbons (Fsp3) is 0.0800. The molecule has 4 aromatic rings. The van der Waals surface area contributed by atoms with Gasteiger partial charge in [-0.3, -0.25) is 0 Å². The summed E-state index contributed by atoms with van der Waals surface area (Å²) >= 11 is 0. The van der Waals surface area contributed by atoms with Crippen molar-refractivity contribution in [3.63, 3.8) is 0 Å². The maximum Gasteiger partial charge on any atom is 0.247 e. The van der Waals surface area contributed by atoms with Crippen molar-refractivity contribution < 1.29 is 4.74 Å². The van der Waals surface area contributed by atoms with Gasteiger partial charge in [0.15, 0.2) is 0 Å². The summed E-state index contributed by atoms with van der Waals surface area (Å²) in [5.74, 6) is 1.34. The molecule has 1 aromatic heterocycles. The maximum atomic E-state index is 5.20. The summed E-state index contributed by atoms with van der Waals surface area (Å²) in [6.45, 7) is 0. The third-order valence-electron chi connectivity index (χ3n) is 4.64. The summed E-state index contributed by atoms with van der Waals surface area (Å²) in [6.07, 6.45) is 1.78. The van der Waals surface area contributed by atoms with Crippen LogP contribution in [-0.4, -0.2) is 30.3 Å². The Hall–Kier alpha value is -3.99. The van der Waals surface area contributed by atoms with Crippen LogP contribution in [0.15, 0.2) is 96.1 Å². The summed E-state index contributed by atoms with van der Waals surface area (Å²) in [7, 11) is 3.50. The number of hydrazone groups is 1.